The molecule has 1 amide bonds. The summed E-state index contributed by atoms with van der Waals surface area (Å²) in [4.78, 5) is 20.9. The molecule has 0 saturated heterocycles. The normalized spacial score (nSPS) is 12.2. The molecule has 1 atom stereocenters. The number of fused-ring (bicyclic) bond motifs is 1. The number of nitrogens with one attached hydrogen (secondary N) is 1. The van der Waals surface area contributed by atoms with Gasteiger partial charge in [0.1, 0.15) is 6.04 Å². The minimum Gasteiger partial charge on any atom is -0.384 e. The number of nitrogens with zero attached hydrogens (tertiary/aromatic N) is 3. The first-order chi connectivity index (χ1) is 11.7. The van der Waals surface area contributed by atoms with Gasteiger partial charge in [0, 0.05) is 30.7 Å². The van der Waals surface area contributed by atoms with Gasteiger partial charge in [0.25, 0.3) is 5.91 Å². The number of aromatic nitrogens is 3. The average Bonchev–Trinajstić information content (AvgIpc) is 3.08. The number of methoxy groups -OCH3 is 1. The van der Waals surface area contributed by atoms with Gasteiger partial charge in [-0.25, -0.2) is 0 Å². The standard InChI is InChI=1S/C17H18N4O3/c1-11(17-20-15(21-24-17)7-9-23-2)19-16(22)13-5-6-14-12(10-13)4-3-8-18-14/h3-6,8,10-11H,7,9H2,1-2H3,(H,19,22)/t11-/m0/s1. The van der Waals surface area contributed by atoms with E-state index >= 15 is 0 Å². The van der Waals surface area contributed by atoms with Crippen molar-refractivity contribution in [3.63, 3.8) is 0 Å². The lowest BCUT2D eigenvalue weighted by Crippen LogP contribution is -2.26. The first-order valence-corrected chi connectivity index (χ1v) is 7.64. The number of ether oxygens (including phenoxy) is 1. The minimum atomic E-state index is -0.383. The van der Waals surface area contributed by atoms with Crippen LogP contribution in [0.2, 0.25) is 0 Å². The number of pyridine rings is 1. The van der Waals surface area contributed by atoms with E-state index < -0.39 is 0 Å². The fourth-order valence-corrected chi connectivity index (χ4v) is 2.30. The molecule has 0 fully saturated rings. The monoisotopic (exact) mass is 326 g/mol. The van der Waals surface area contributed by atoms with Crippen LogP contribution in [0.5, 0.6) is 0 Å². The summed E-state index contributed by atoms with van der Waals surface area (Å²) in [5.41, 5.74) is 1.41. The Hall–Kier alpha value is -2.80. The molecule has 0 bridgehead atoms. The van der Waals surface area contributed by atoms with Crippen LogP contribution in [0.25, 0.3) is 10.9 Å². The quantitative estimate of drug-likeness (QED) is 0.747. The molecular formula is C17H18N4O3. The van der Waals surface area contributed by atoms with Crippen molar-refractivity contribution in [1.29, 1.82) is 0 Å². The van der Waals surface area contributed by atoms with Gasteiger partial charge >= 0.3 is 0 Å². The molecule has 0 saturated carbocycles. The predicted molar refractivity (Wildman–Crippen MR) is 87.5 cm³/mol. The second-order valence-electron chi connectivity index (χ2n) is 5.40. The van der Waals surface area contributed by atoms with E-state index in [4.69, 9.17) is 9.26 Å². The lowest BCUT2D eigenvalue weighted by atomic mass is 10.1. The van der Waals surface area contributed by atoms with Crippen LogP contribution in [0.1, 0.15) is 35.0 Å². The molecule has 0 spiro atoms. The van der Waals surface area contributed by atoms with Gasteiger partial charge in [-0.3, -0.25) is 9.78 Å². The van der Waals surface area contributed by atoms with Gasteiger partial charge in [-0.2, -0.15) is 4.98 Å². The first kappa shape index (κ1) is 16.1. The van der Waals surface area contributed by atoms with E-state index in [9.17, 15) is 4.79 Å². The largest absolute Gasteiger partial charge is 0.384 e. The van der Waals surface area contributed by atoms with Crippen LogP contribution in [-0.2, 0) is 11.2 Å². The smallest absolute Gasteiger partial charge is 0.251 e. The molecule has 1 aromatic carbocycles. The Balaban J connectivity index is 1.69. The molecule has 0 aliphatic rings. The Kier molecular flexibility index (Phi) is 4.81. The number of carbonyl (C=O) groups is 1. The van der Waals surface area contributed by atoms with Crippen LogP contribution in [0.4, 0.5) is 0 Å². The highest BCUT2D eigenvalue weighted by Gasteiger charge is 2.17. The zero-order chi connectivity index (χ0) is 16.9. The Morgan fingerprint density at radius 1 is 1.38 bits per heavy atom. The van der Waals surface area contributed by atoms with Crippen molar-refractivity contribution in [2.75, 3.05) is 13.7 Å². The maximum absolute atomic E-state index is 12.4. The van der Waals surface area contributed by atoms with Gasteiger partial charge in [-0.05, 0) is 31.2 Å². The molecule has 2 aromatic heterocycles. The number of hydrogen-bond acceptors (Lipinski definition) is 6. The fourth-order valence-electron chi connectivity index (χ4n) is 2.30. The van der Waals surface area contributed by atoms with Crippen LogP contribution in [0.15, 0.2) is 41.1 Å². The van der Waals surface area contributed by atoms with Crippen molar-refractivity contribution < 1.29 is 14.1 Å². The van der Waals surface area contributed by atoms with Gasteiger partial charge < -0.3 is 14.6 Å². The first-order valence-electron chi connectivity index (χ1n) is 7.64. The summed E-state index contributed by atoms with van der Waals surface area (Å²) in [7, 11) is 1.61. The molecular weight excluding hydrogens is 308 g/mol. The molecule has 3 rings (SSSR count). The van der Waals surface area contributed by atoms with E-state index in [-0.39, 0.29) is 11.9 Å². The van der Waals surface area contributed by atoms with Crippen molar-refractivity contribution in [3.05, 3.63) is 53.8 Å². The molecule has 7 nitrogen and oxygen atoms in total. The Morgan fingerprint density at radius 2 is 2.25 bits per heavy atom. The van der Waals surface area contributed by atoms with E-state index in [0.29, 0.717) is 30.3 Å². The Morgan fingerprint density at radius 3 is 3.08 bits per heavy atom. The SMILES string of the molecule is COCCc1noc([C@H](C)NC(=O)c2ccc3ncccc3c2)n1. The highest BCUT2D eigenvalue weighted by atomic mass is 16.5. The second-order valence-corrected chi connectivity index (χ2v) is 5.40. The van der Waals surface area contributed by atoms with E-state index in [0.717, 1.165) is 10.9 Å². The lowest BCUT2D eigenvalue weighted by molar-refractivity contribution is 0.0932. The van der Waals surface area contributed by atoms with Crippen LogP contribution >= 0.6 is 0 Å². The van der Waals surface area contributed by atoms with E-state index in [1.807, 2.05) is 24.3 Å². The summed E-state index contributed by atoms with van der Waals surface area (Å²) >= 11 is 0. The third-order valence-corrected chi connectivity index (χ3v) is 3.60. The molecule has 0 aliphatic carbocycles. The van der Waals surface area contributed by atoms with Gasteiger partial charge in [0.15, 0.2) is 5.82 Å². The summed E-state index contributed by atoms with van der Waals surface area (Å²) in [6, 6.07) is 8.75. The summed E-state index contributed by atoms with van der Waals surface area (Å²) in [6.07, 6.45) is 2.29. The van der Waals surface area contributed by atoms with Crippen LogP contribution in [0.3, 0.4) is 0 Å². The summed E-state index contributed by atoms with van der Waals surface area (Å²) in [5, 5.41) is 7.64. The Bertz CT molecular complexity index is 846. The third-order valence-electron chi connectivity index (χ3n) is 3.60. The predicted octanol–water partition coefficient (Wildman–Crippen LogP) is 2.30. The van der Waals surface area contributed by atoms with Crippen LogP contribution in [0, 0.1) is 0 Å². The average molecular weight is 326 g/mol. The van der Waals surface area contributed by atoms with E-state index in [1.54, 1.807) is 26.3 Å². The molecule has 2 heterocycles. The van der Waals surface area contributed by atoms with Crippen LogP contribution in [-0.4, -0.2) is 34.7 Å². The molecule has 124 valence electrons. The number of rotatable bonds is 6. The molecule has 0 unspecified atom stereocenters. The summed E-state index contributed by atoms with van der Waals surface area (Å²) in [6.45, 7) is 2.32. The topological polar surface area (TPSA) is 90.1 Å². The van der Waals surface area contributed by atoms with E-state index in [2.05, 4.69) is 20.4 Å². The van der Waals surface area contributed by atoms with Gasteiger partial charge in [-0.1, -0.05) is 11.2 Å². The highest BCUT2D eigenvalue weighted by Crippen LogP contribution is 2.15. The van der Waals surface area contributed by atoms with Crippen molar-refractivity contribution >= 4 is 16.8 Å². The molecule has 0 aliphatic heterocycles. The van der Waals surface area contributed by atoms with Gasteiger partial charge in [0.2, 0.25) is 5.89 Å². The second kappa shape index (κ2) is 7.18. The summed E-state index contributed by atoms with van der Waals surface area (Å²) < 4.78 is 10.2. The molecule has 3 aromatic rings. The zero-order valence-corrected chi connectivity index (χ0v) is 13.5. The number of hydrogen-bond donors (Lipinski definition) is 1. The molecule has 7 heteroatoms. The zero-order valence-electron chi connectivity index (χ0n) is 13.5. The molecule has 1 N–H and O–H groups in total. The Labute approximate surface area is 139 Å². The fraction of sp³-hybridized carbons (Fsp3) is 0.294. The van der Waals surface area contributed by atoms with Crippen LogP contribution < -0.4 is 5.32 Å². The summed E-state index contributed by atoms with van der Waals surface area (Å²) in [5.74, 6) is 0.728. The van der Waals surface area contributed by atoms with Crippen molar-refractivity contribution in [2.45, 2.75) is 19.4 Å². The molecule has 0 radical (unpaired) electrons. The highest BCUT2D eigenvalue weighted by molar-refractivity contribution is 5.98. The molecule has 24 heavy (non-hydrogen) atoms. The minimum absolute atomic E-state index is 0.204. The number of carbonyl (C=O) groups excluding carboxylic acids is 1. The lowest BCUT2D eigenvalue weighted by Gasteiger charge is -2.10. The number of amides is 1. The van der Waals surface area contributed by atoms with Crippen molar-refractivity contribution in [3.8, 4) is 0 Å². The van der Waals surface area contributed by atoms with Crippen molar-refractivity contribution in [2.24, 2.45) is 0 Å². The third kappa shape index (κ3) is 3.57. The maximum Gasteiger partial charge on any atom is 0.251 e. The van der Waals surface area contributed by atoms with E-state index in [1.165, 1.54) is 0 Å². The van der Waals surface area contributed by atoms with Gasteiger partial charge in [-0.15, -0.1) is 0 Å². The van der Waals surface area contributed by atoms with Crippen molar-refractivity contribution in [1.82, 2.24) is 20.4 Å². The number of benzene rings is 1. The van der Waals surface area contributed by atoms with Gasteiger partial charge in [0.05, 0.1) is 12.1 Å². The maximum atomic E-state index is 12.4.